The molecule has 1 fully saturated rings. The number of carbonyl (C=O) groups is 2. The van der Waals surface area contributed by atoms with Gasteiger partial charge in [0.15, 0.2) is 17.7 Å². The van der Waals surface area contributed by atoms with E-state index < -0.39 is 53.3 Å². The monoisotopic (exact) mass is 505 g/mol. The minimum Gasteiger partial charge on any atom is -0.444 e. The Balaban J connectivity index is 1.79. The molecule has 7 nitrogen and oxygen atoms in total. The third-order valence-corrected chi connectivity index (χ3v) is 5.47. The Morgan fingerprint density at radius 3 is 2.06 bits per heavy atom. The number of carbonyl (C=O) groups excluding carboxylic acids is 2. The van der Waals surface area contributed by atoms with E-state index in [1.165, 1.54) is 11.0 Å². The first-order chi connectivity index (χ1) is 16.6. The Labute approximate surface area is 210 Å². The van der Waals surface area contributed by atoms with Crippen LogP contribution in [-0.4, -0.2) is 58.3 Å². The first-order valence-electron chi connectivity index (χ1n) is 11.7. The number of hydrogen-bond acceptors (Lipinski definition) is 6. The number of ether oxygens (including phenoxy) is 3. The lowest BCUT2D eigenvalue weighted by molar-refractivity contribution is -0.0486. The van der Waals surface area contributed by atoms with E-state index in [1.807, 2.05) is 0 Å². The van der Waals surface area contributed by atoms with Gasteiger partial charge in [0.2, 0.25) is 0 Å². The van der Waals surface area contributed by atoms with Gasteiger partial charge in [0.25, 0.3) is 0 Å². The minimum atomic E-state index is -1.18. The van der Waals surface area contributed by atoms with Gasteiger partial charge in [-0.05, 0) is 76.8 Å². The van der Waals surface area contributed by atoms with E-state index in [0.717, 1.165) is 17.7 Å². The summed E-state index contributed by atoms with van der Waals surface area (Å²) >= 11 is 0. The van der Waals surface area contributed by atoms with Crippen molar-refractivity contribution in [2.75, 3.05) is 6.54 Å². The molecule has 3 atom stereocenters. The lowest BCUT2D eigenvalue weighted by Gasteiger charge is -2.29. The van der Waals surface area contributed by atoms with Crippen LogP contribution in [0.2, 0.25) is 0 Å². The molecule has 0 aliphatic carbocycles. The number of aliphatic hydroxyl groups excluding tert-OH is 1. The van der Waals surface area contributed by atoms with E-state index in [9.17, 15) is 23.5 Å². The molecule has 1 amide bonds. The van der Waals surface area contributed by atoms with Crippen molar-refractivity contribution in [2.45, 2.75) is 77.4 Å². The van der Waals surface area contributed by atoms with E-state index in [4.69, 9.17) is 14.2 Å². The molecule has 2 aromatic rings. The SMILES string of the molecule is CC(C)(C)OC(=O)O[C@H]1CN(C(=O)OC(C)(C)C)[C@@H](Cc2ccc(-c3ccc(F)c(F)c3)cc2)[C@@H]1O. The molecule has 1 heterocycles. The van der Waals surface area contributed by atoms with E-state index in [2.05, 4.69) is 0 Å². The zero-order chi connectivity index (χ0) is 26.8. The molecule has 3 rings (SSSR count). The zero-order valence-electron chi connectivity index (χ0n) is 21.4. The van der Waals surface area contributed by atoms with Crippen molar-refractivity contribution >= 4 is 12.2 Å². The van der Waals surface area contributed by atoms with Crippen LogP contribution in [0.15, 0.2) is 42.5 Å². The molecule has 1 aliphatic heterocycles. The molecular formula is C27H33F2NO6. The molecule has 196 valence electrons. The van der Waals surface area contributed by atoms with Crippen molar-refractivity contribution in [1.29, 1.82) is 0 Å². The second-order valence-corrected chi connectivity index (χ2v) is 10.8. The van der Waals surface area contributed by atoms with Gasteiger partial charge in [0.05, 0.1) is 12.6 Å². The van der Waals surface area contributed by atoms with Gasteiger partial charge in [0, 0.05) is 0 Å². The lowest BCUT2D eigenvalue weighted by atomic mass is 9.98. The summed E-state index contributed by atoms with van der Waals surface area (Å²) < 4.78 is 42.9. The van der Waals surface area contributed by atoms with Gasteiger partial charge in [0.1, 0.15) is 17.3 Å². The summed E-state index contributed by atoms with van der Waals surface area (Å²) in [5, 5.41) is 11.0. The molecule has 2 aromatic carbocycles. The maximum atomic E-state index is 13.6. The number of rotatable bonds is 4. The molecule has 0 bridgehead atoms. The smallest absolute Gasteiger partial charge is 0.444 e. The fourth-order valence-electron chi connectivity index (χ4n) is 3.89. The average molecular weight is 506 g/mol. The summed E-state index contributed by atoms with van der Waals surface area (Å²) in [6.07, 6.45) is -3.52. The van der Waals surface area contributed by atoms with Crippen molar-refractivity contribution in [3.05, 3.63) is 59.7 Å². The molecular weight excluding hydrogens is 472 g/mol. The molecule has 0 radical (unpaired) electrons. The van der Waals surface area contributed by atoms with Gasteiger partial charge < -0.3 is 19.3 Å². The van der Waals surface area contributed by atoms with Gasteiger partial charge in [-0.1, -0.05) is 30.3 Å². The van der Waals surface area contributed by atoms with Crippen molar-refractivity contribution < 1.29 is 37.7 Å². The largest absolute Gasteiger partial charge is 0.509 e. The molecule has 1 N–H and O–H groups in total. The number of benzene rings is 2. The molecule has 36 heavy (non-hydrogen) atoms. The number of hydrogen-bond donors (Lipinski definition) is 1. The van der Waals surface area contributed by atoms with Crippen LogP contribution < -0.4 is 0 Å². The Morgan fingerprint density at radius 1 is 0.917 bits per heavy atom. The average Bonchev–Trinajstić information content (AvgIpc) is 3.03. The summed E-state index contributed by atoms with van der Waals surface area (Å²) in [5.74, 6) is -1.86. The van der Waals surface area contributed by atoms with Gasteiger partial charge in [-0.25, -0.2) is 18.4 Å². The molecule has 0 spiro atoms. The molecule has 0 aromatic heterocycles. The van der Waals surface area contributed by atoms with Crippen LogP contribution in [0, 0.1) is 11.6 Å². The van der Waals surface area contributed by atoms with Gasteiger partial charge in [-0.2, -0.15) is 0 Å². The topological polar surface area (TPSA) is 85.3 Å². The van der Waals surface area contributed by atoms with Gasteiger partial charge in [-0.15, -0.1) is 0 Å². The predicted octanol–water partition coefficient (Wildman–Crippen LogP) is 5.47. The zero-order valence-corrected chi connectivity index (χ0v) is 21.4. The Bertz CT molecular complexity index is 1090. The summed E-state index contributed by atoms with van der Waals surface area (Å²) in [6, 6.07) is 9.98. The van der Waals surface area contributed by atoms with E-state index in [-0.39, 0.29) is 13.0 Å². The number of aliphatic hydroxyl groups is 1. The lowest BCUT2D eigenvalue weighted by Crippen LogP contribution is -2.43. The summed E-state index contributed by atoms with van der Waals surface area (Å²) in [4.78, 5) is 26.5. The maximum absolute atomic E-state index is 13.6. The highest BCUT2D eigenvalue weighted by Gasteiger charge is 2.47. The van der Waals surface area contributed by atoms with Crippen LogP contribution in [0.4, 0.5) is 18.4 Å². The first-order valence-corrected chi connectivity index (χ1v) is 11.7. The highest BCUT2D eigenvalue weighted by molar-refractivity contribution is 5.70. The standard InChI is InChI=1S/C27H33F2NO6/c1-26(2,3)35-24(32)30-15-22(34-25(33)36-27(4,5)6)23(31)21(30)13-16-7-9-17(10-8-16)18-11-12-19(28)20(29)14-18/h7-12,14,21-23,31H,13,15H2,1-6H3/t21-,22-,23-/m0/s1. The summed E-state index contributed by atoms with van der Waals surface area (Å²) in [6.45, 7) is 10.2. The number of amides is 1. The Kier molecular flexibility index (Phi) is 7.93. The predicted molar refractivity (Wildman–Crippen MR) is 129 cm³/mol. The van der Waals surface area contributed by atoms with Crippen LogP contribution in [0.1, 0.15) is 47.1 Å². The summed E-state index contributed by atoms with van der Waals surface area (Å²) in [7, 11) is 0. The van der Waals surface area contributed by atoms with E-state index >= 15 is 0 Å². The number of nitrogens with zero attached hydrogens (tertiary/aromatic N) is 1. The van der Waals surface area contributed by atoms with Crippen molar-refractivity contribution in [3.8, 4) is 11.1 Å². The van der Waals surface area contributed by atoms with Crippen molar-refractivity contribution in [1.82, 2.24) is 4.90 Å². The molecule has 0 saturated carbocycles. The minimum absolute atomic E-state index is 0.0626. The fraction of sp³-hybridized carbons (Fsp3) is 0.481. The molecule has 0 unspecified atom stereocenters. The third-order valence-electron chi connectivity index (χ3n) is 5.47. The summed E-state index contributed by atoms with van der Waals surface area (Å²) in [5.41, 5.74) is 0.433. The Hall–Kier alpha value is -3.20. The first kappa shape index (κ1) is 27.4. The van der Waals surface area contributed by atoms with Crippen LogP contribution >= 0.6 is 0 Å². The Morgan fingerprint density at radius 2 is 1.50 bits per heavy atom. The second-order valence-electron chi connectivity index (χ2n) is 10.8. The normalized spacial score (nSPS) is 20.2. The molecule has 1 aliphatic rings. The highest BCUT2D eigenvalue weighted by atomic mass is 19.2. The van der Waals surface area contributed by atoms with Crippen molar-refractivity contribution in [2.24, 2.45) is 0 Å². The molecule has 9 heteroatoms. The quantitative estimate of drug-likeness (QED) is 0.555. The van der Waals surface area contributed by atoms with Crippen molar-refractivity contribution in [3.63, 3.8) is 0 Å². The third kappa shape index (κ3) is 7.16. The van der Waals surface area contributed by atoms with Gasteiger partial charge >= 0.3 is 12.2 Å². The second kappa shape index (κ2) is 10.4. The molecule has 1 saturated heterocycles. The van der Waals surface area contributed by atoms with Crippen LogP contribution in [-0.2, 0) is 20.6 Å². The fourth-order valence-corrected chi connectivity index (χ4v) is 3.89. The maximum Gasteiger partial charge on any atom is 0.509 e. The number of likely N-dealkylation sites (tertiary alicyclic amines) is 1. The van der Waals surface area contributed by atoms with Crippen LogP contribution in [0.25, 0.3) is 11.1 Å². The number of halogens is 2. The highest BCUT2D eigenvalue weighted by Crippen LogP contribution is 2.29. The van der Waals surface area contributed by atoms with E-state index in [0.29, 0.717) is 11.1 Å². The van der Waals surface area contributed by atoms with E-state index in [1.54, 1.807) is 65.8 Å². The van der Waals surface area contributed by atoms with Crippen LogP contribution in [0.3, 0.4) is 0 Å². The van der Waals surface area contributed by atoms with Gasteiger partial charge in [-0.3, -0.25) is 4.90 Å². The van der Waals surface area contributed by atoms with Crippen LogP contribution in [0.5, 0.6) is 0 Å².